The molecule has 3 fully saturated rings. The molecular formula is C25H41IN2O2. The van der Waals surface area contributed by atoms with Crippen LogP contribution >= 0.6 is 22.6 Å². The molecule has 4 nitrogen and oxygen atoms in total. The van der Waals surface area contributed by atoms with Gasteiger partial charge in [-0.15, -0.1) is 0 Å². The highest BCUT2D eigenvalue weighted by atomic mass is 127. The van der Waals surface area contributed by atoms with Crippen molar-refractivity contribution in [2.45, 2.75) is 93.1 Å². The second-order valence-corrected chi connectivity index (χ2v) is 11.3. The van der Waals surface area contributed by atoms with Crippen molar-refractivity contribution in [2.75, 3.05) is 32.8 Å². The fourth-order valence-electron chi connectivity index (χ4n) is 5.41. The van der Waals surface area contributed by atoms with Crippen LogP contribution in [0.1, 0.15) is 77.0 Å². The minimum absolute atomic E-state index is 0.406. The number of morpholine rings is 1. The quantitative estimate of drug-likeness (QED) is 0.384. The van der Waals surface area contributed by atoms with Gasteiger partial charge < -0.3 is 19.7 Å². The Morgan fingerprint density at radius 3 is 2.37 bits per heavy atom. The molecule has 30 heavy (non-hydrogen) atoms. The van der Waals surface area contributed by atoms with Gasteiger partial charge in [0.25, 0.3) is 0 Å². The third-order valence-corrected chi connectivity index (χ3v) is 8.54. The van der Waals surface area contributed by atoms with Crippen LogP contribution < -0.4 is 5.32 Å². The van der Waals surface area contributed by atoms with E-state index in [1.807, 2.05) is 0 Å². The van der Waals surface area contributed by atoms with Gasteiger partial charge in [-0.05, 0) is 57.2 Å². The largest absolute Gasteiger partial charge is 0.494 e. The van der Waals surface area contributed by atoms with E-state index in [1.165, 1.54) is 88.5 Å². The monoisotopic (exact) mass is 528 g/mol. The number of alkyl halides is 1. The molecule has 0 aromatic heterocycles. The molecule has 0 aromatic rings. The third kappa shape index (κ3) is 6.61. The maximum Gasteiger partial charge on any atom is 0.103 e. The van der Waals surface area contributed by atoms with Crippen molar-refractivity contribution in [3.63, 3.8) is 0 Å². The lowest BCUT2D eigenvalue weighted by Gasteiger charge is -2.39. The second kappa shape index (κ2) is 12.1. The van der Waals surface area contributed by atoms with Crippen molar-refractivity contribution >= 4 is 22.6 Å². The van der Waals surface area contributed by atoms with Crippen molar-refractivity contribution in [3.05, 3.63) is 23.6 Å². The zero-order chi connectivity index (χ0) is 20.6. The van der Waals surface area contributed by atoms with Gasteiger partial charge in [0.05, 0.1) is 19.3 Å². The molecule has 2 heterocycles. The lowest BCUT2D eigenvalue weighted by molar-refractivity contribution is 0.0466. The van der Waals surface area contributed by atoms with Crippen LogP contribution in [0, 0.1) is 5.92 Å². The van der Waals surface area contributed by atoms with E-state index in [4.69, 9.17) is 9.47 Å². The predicted molar refractivity (Wildman–Crippen MR) is 132 cm³/mol. The number of ether oxygens (including phenoxy) is 2. The summed E-state index contributed by atoms with van der Waals surface area (Å²) in [6.45, 7) is 4.78. The summed E-state index contributed by atoms with van der Waals surface area (Å²) in [6, 6.07) is 0.406. The average Bonchev–Trinajstić information content (AvgIpc) is 2.77. The average molecular weight is 529 g/mol. The van der Waals surface area contributed by atoms with Crippen LogP contribution in [0.25, 0.3) is 0 Å². The Morgan fingerprint density at radius 1 is 0.900 bits per heavy atom. The van der Waals surface area contributed by atoms with E-state index in [0.29, 0.717) is 18.1 Å². The summed E-state index contributed by atoms with van der Waals surface area (Å²) in [4.78, 5) is 2.50. The molecule has 1 N–H and O–H groups in total. The van der Waals surface area contributed by atoms with Gasteiger partial charge in [-0.2, -0.15) is 0 Å². The zero-order valence-corrected chi connectivity index (χ0v) is 20.8. The maximum absolute atomic E-state index is 6.81. The van der Waals surface area contributed by atoms with Crippen LogP contribution in [0.2, 0.25) is 0 Å². The second-order valence-electron chi connectivity index (χ2n) is 9.58. The van der Waals surface area contributed by atoms with Gasteiger partial charge in [0.2, 0.25) is 0 Å². The first kappa shape index (κ1) is 22.9. The third-order valence-electron chi connectivity index (χ3n) is 7.29. The number of rotatable bonds is 3. The summed E-state index contributed by atoms with van der Waals surface area (Å²) in [5.74, 6) is 1.76. The number of nitrogens with one attached hydrogen (secondary N) is 1. The first-order valence-electron chi connectivity index (χ1n) is 12.6. The standard InChI is InChI=1S/C25H41IN2O2/c26-20-9-11-22(12-10-20)30-25-19-21(28-14-16-29-17-15-28)18-24-23(25)8-6-4-2-1-3-5-7-13-27-24/h18-20,22-24,27H,1-17H2/t20-,22+,23?,24?. The molecule has 0 radical (unpaired) electrons. The summed E-state index contributed by atoms with van der Waals surface area (Å²) in [5, 5.41) is 3.93. The van der Waals surface area contributed by atoms with Gasteiger partial charge in [-0.3, -0.25) is 0 Å². The van der Waals surface area contributed by atoms with Crippen LogP contribution in [0.3, 0.4) is 0 Å². The zero-order valence-electron chi connectivity index (χ0n) is 18.6. The number of allylic oxidation sites excluding steroid dienone is 1. The summed E-state index contributed by atoms with van der Waals surface area (Å²) in [6.07, 6.45) is 21.2. The van der Waals surface area contributed by atoms with Crippen molar-refractivity contribution in [1.29, 1.82) is 0 Å². The lowest BCUT2D eigenvalue weighted by atomic mass is 9.85. The molecule has 0 bridgehead atoms. The van der Waals surface area contributed by atoms with Crippen LogP contribution in [0.5, 0.6) is 0 Å². The number of halogens is 1. The highest BCUT2D eigenvalue weighted by molar-refractivity contribution is 14.1. The highest BCUT2D eigenvalue weighted by Crippen LogP contribution is 2.35. The van der Waals surface area contributed by atoms with E-state index in [0.717, 1.165) is 36.8 Å². The first-order chi connectivity index (χ1) is 14.8. The molecule has 4 aliphatic rings. The fourth-order valence-corrected chi connectivity index (χ4v) is 6.13. The normalized spacial score (nSPS) is 34.6. The van der Waals surface area contributed by atoms with Crippen LogP contribution in [0.4, 0.5) is 0 Å². The van der Waals surface area contributed by atoms with E-state index in [9.17, 15) is 0 Å². The van der Waals surface area contributed by atoms with Crippen molar-refractivity contribution in [3.8, 4) is 0 Å². The van der Waals surface area contributed by atoms with E-state index < -0.39 is 0 Å². The van der Waals surface area contributed by atoms with Gasteiger partial charge in [0, 0.05) is 34.7 Å². The summed E-state index contributed by atoms with van der Waals surface area (Å²) < 4.78 is 13.3. The first-order valence-corrected chi connectivity index (χ1v) is 13.8. The van der Waals surface area contributed by atoms with Gasteiger partial charge in [-0.1, -0.05) is 61.1 Å². The van der Waals surface area contributed by atoms with E-state index in [2.05, 4.69) is 45.0 Å². The van der Waals surface area contributed by atoms with Crippen molar-refractivity contribution < 1.29 is 9.47 Å². The molecule has 0 amide bonds. The SMILES string of the molecule is I[C@H]1CC[C@@H](OC2=CC(N3CCOCC3)=CC3NCCCCCCCCCC23)CC1. The molecule has 170 valence electrons. The summed E-state index contributed by atoms with van der Waals surface area (Å²) in [5.41, 5.74) is 1.36. The van der Waals surface area contributed by atoms with Crippen molar-refractivity contribution in [2.24, 2.45) is 5.92 Å². The molecular weight excluding hydrogens is 487 g/mol. The Hall–Kier alpha value is -0.270. The molecule has 2 saturated heterocycles. The minimum Gasteiger partial charge on any atom is -0.494 e. The van der Waals surface area contributed by atoms with E-state index >= 15 is 0 Å². The lowest BCUT2D eigenvalue weighted by Crippen LogP contribution is -2.43. The Morgan fingerprint density at radius 2 is 1.60 bits per heavy atom. The van der Waals surface area contributed by atoms with E-state index in [-0.39, 0.29) is 0 Å². The molecule has 1 saturated carbocycles. The molecule has 2 aliphatic heterocycles. The Balaban J connectivity index is 1.51. The number of nitrogens with zero attached hydrogens (tertiary/aromatic N) is 1. The van der Waals surface area contributed by atoms with Crippen LogP contribution in [-0.2, 0) is 9.47 Å². The molecule has 0 spiro atoms. The number of hydrogen-bond donors (Lipinski definition) is 1. The molecule has 5 heteroatoms. The minimum atomic E-state index is 0.406. The molecule has 0 aromatic carbocycles. The molecule has 2 atom stereocenters. The topological polar surface area (TPSA) is 33.7 Å². The fraction of sp³-hybridized carbons (Fsp3) is 0.840. The molecule has 2 unspecified atom stereocenters. The Labute approximate surface area is 197 Å². The summed E-state index contributed by atoms with van der Waals surface area (Å²) in [7, 11) is 0. The smallest absolute Gasteiger partial charge is 0.103 e. The highest BCUT2D eigenvalue weighted by Gasteiger charge is 2.32. The molecule has 2 aliphatic carbocycles. The molecule has 4 rings (SSSR count). The van der Waals surface area contributed by atoms with E-state index in [1.54, 1.807) is 0 Å². The van der Waals surface area contributed by atoms with Crippen molar-refractivity contribution in [1.82, 2.24) is 10.2 Å². The van der Waals surface area contributed by atoms with Crippen LogP contribution in [-0.4, -0.2) is 53.8 Å². The van der Waals surface area contributed by atoms with Gasteiger partial charge in [0.15, 0.2) is 0 Å². The number of fused-ring (bicyclic) bond motifs is 1. The predicted octanol–water partition coefficient (Wildman–Crippen LogP) is 5.57. The maximum atomic E-state index is 6.81. The Bertz CT molecular complexity index is 580. The summed E-state index contributed by atoms with van der Waals surface area (Å²) >= 11 is 2.62. The Kier molecular flexibility index (Phi) is 9.24. The van der Waals surface area contributed by atoms with Gasteiger partial charge in [0.1, 0.15) is 5.76 Å². The van der Waals surface area contributed by atoms with Crippen LogP contribution in [0.15, 0.2) is 23.6 Å². The van der Waals surface area contributed by atoms with Gasteiger partial charge in [-0.25, -0.2) is 0 Å². The number of hydrogen-bond acceptors (Lipinski definition) is 4. The van der Waals surface area contributed by atoms with Gasteiger partial charge >= 0.3 is 0 Å².